The van der Waals surface area contributed by atoms with Gasteiger partial charge in [-0.15, -0.1) is 0 Å². The number of halogens is 2. The van der Waals surface area contributed by atoms with Gasteiger partial charge in [-0.25, -0.2) is 8.78 Å². The Labute approximate surface area is 106 Å². The van der Waals surface area contributed by atoms with Gasteiger partial charge in [0.05, 0.1) is 7.11 Å². The Morgan fingerprint density at radius 1 is 1.29 bits per heavy atom. The molecular weight excluding hydrogens is 244 g/mol. The zero-order chi connectivity index (χ0) is 13.0. The molecule has 0 aliphatic carbocycles. The van der Waals surface area contributed by atoms with Crippen molar-refractivity contribution in [2.45, 2.75) is 12.5 Å². The molecule has 0 amide bonds. The van der Waals surface area contributed by atoms with Crippen LogP contribution in [0.25, 0.3) is 0 Å². The largest absolute Gasteiger partial charge is 0.494 e. The summed E-state index contributed by atoms with van der Waals surface area (Å²) in [5, 5.41) is 0. The molecule has 0 N–H and O–H groups in total. The summed E-state index contributed by atoms with van der Waals surface area (Å²) >= 11 is 4.14. The van der Waals surface area contributed by atoms with E-state index in [2.05, 4.69) is 12.6 Å². The molecule has 0 aliphatic rings. The maximum absolute atomic E-state index is 13.9. The summed E-state index contributed by atoms with van der Waals surface area (Å²) < 4.78 is 32.2. The number of hydrogen-bond donors (Lipinski definition) is 1. The number of thiol groups is 1. The van der Waals surface area contributed by atoms with Gasteiger partial charge in [-0.05, 0) is 32.3 Å². The van der Waals surface area contributed by atoms with Crippen molar-refractivity contribution in [3.63, 3.8) is 0 Å². The molecule has 0 heterocycles. The van der Waals surface area contributed by atoms with E-state index in [4.69, 9.17) is 4.74 Å². The highest BCUT2D eigenvalue weighted by Gasteiger charge is 2.20. The van der Waals surface area contributed by atoms with Gasteiger partial charge in [0.2, 0.25) is 0 Å². The van der Waals surface area contributed by atoms with Crippen LogP contribution in [-0.4, -0.2) is 31.9 Å². The molecule has 0 aliphatic heterocycles. The Balaban J connectivity index is 3.15. The SMILES string of the molecule is COc1cc(F)c(C(CCS)N(C)C)cc1F. The van der Waals surface area contributed by atoms with E-state index < -0.39 is 11.6 Å². The number of nitrogens with zero attached hydrogens (tertiary/aromatic N) is 1. The summed E-state index contributed by atoms with van der Waals surface area (Å²) in [7, 11) is 4.97. The molecule has 5 heteroatoms. The highest BCUT2D eigenvalue weighted by atomic mass is 32.1. The zero-order valence-corrected chi connectivity index (χ0v) is 11.1. The first-order chi connectivity index (χ1) is 8.01. The molecule has 96 valence electrons. The fourth-order valence-corrected chi connectivity index (χ4v) is 2.01. The average molecular weight is 261 g/mol. The fraction of sp³-hybridized carbons (Fsp3) is 0.500. The quantitative estimate of drug-likeness (QED) is 0.818. The zero-order valence-electron chi connectivity index (χ0n) is 10.2. The first kappa shape index (κ1) is 14.3. The Morgan fingerprint density at radius 2 is 1.94 bits per heavy atom. The van der Waals surface area contributed by atoms with E-state index in [0.717, 1.165) is 6.07 Å². The van der Waals surface area contributed by atoms with Gasteiger partial charge in [0, 0.05) is 17.7 Å². The average Bonchev–Trinajstić information content (AvgIpc) is 2.28. The maximum atomic E-state index is 13.9. The van der Waals surface area contributed by atoms with E-state index in [1.54, 1.807) is 0 Å². The van der Waals surface area contributed by atoms with Crippen molar-refractivity contribution in [3.05, 3.63) is 29.3 Å². The third-order valence-corrected chi connectivity index (χ3v) is 2.91. The van der Waals surface area contributed by atoms with Crippen LogP contribution in [0.5, 0.6) is 5.75 Å². The summed E-state index contributed by atoms with van der Waals surface area (Å²) in [5.74, 6) is -0.469. The Hall–Kier alpha value is -0.810. The van der Waals surface area contributed by atoms with E-state index in [1.807, 2.05) is 19.0 Å². The Bertz CT molecular complexity index is 385. The monoisotopic (exact) mass is 261 g/mol. The van der Waals surface area contributed by atoms with E-state index in [9.17, 15) is 8.78 Å². The first-order valence-electron chi connectivity index (χ1n) is 5.31. The van der Waals surface area contributed by atoms with Crippen molar-refractivity contribution < 1.29 is 13.5 Å². The summed E-state index contributed by atoms with van der Waals surface area (Å²) in [5.41, 5.74) is 0.336. The summed E-state index contributed by atoms with van der Waals surface area (Å²) in [6.07, 6.45) is 0.652. The third kappa shape index (κ3) is 3.33. The first-order valence-corrected chi connectivity index (χ1v) is 5.94. The van der Waals surface area contributed by atoms with Crippen molar-refractivity contribution in [1.29, 1.82) is 0 Å². The van der Waals surface area contributed by atoms with E-state index in [1.165, 1.54) is 13.2 Å². The van der Waals surface area contributed by atoms with E-state index >= 15 is 0 Å². The van der Waals surface area contributed by atoms with Gasteiger partial charge in [-0.1, -0.05) is 0 Å². The van der Waals surface area contributed by atoms with Crippen LogP contribution < -0.4 is 4.74 Å². The van der Waals surface area contributed by atoms with Crippen LogP contribution in [0.1, 0.15) is 18.0 Å². The minimum Gasteiger partial charge on any atom is -0.494 e. The van der Waals surface area contributed by atoms with Gasteiger partial charge < -0.3 is 9.64 Å². The Kier molecular flexibility index (Phi) is 5.21. The molecule has 1 unspecified atom stereocenters. The van der Waals surface area contributed by atoms with Crippen LogP contribution in [-0.2, 0) is 0 Å². The molecule has 1 aromatic carbocycles. The van der Waals surface area contributed by atoms with Crippen LogP contribution in [0, 0.1) is 11.6 Å². The molecule has 1 rings (SSSR count). The van der Waals surface area contributed by atoms with Gasteiger partial charge in [0.1, 0.15) is 5.82 Å². The number of ether oxygens (including phenoxy) is 1. The topological polar surface area (TPSA) is 12.5 Å². The molecule has 2 nitrogen and oxygen atoms in total. The van der Waals surface area contributed by atoms with Gasteiger partial charge in [0.15, 0.2) is 11.6 Å². The predicted octanol–water partition coefficient (Wildman–Crippen LogP) is 2.90. The van der Waals surface area contributed by atoms with Crippen LogP contribution >= 0.6 is 12.6 Å². The number of benzene rings is 1. The minimum atomic E-state index is -0.546. The minimum absolute atomic E-state index is 0.0744. The summed E-state index contributed by atoms with van der Waals surface area (Å²) in [4.78, 5) is 1.85. The van der Waals surface area contributed by atoms with Gasteiger partial charge in [0.25, 0.3) is 0 Å². The van der Waals surface area contributed by atoms with Crippen molar-refractivity contribution in [3.8, 4) is 5.75 Å². The van der Waals surface area contributed by atoms with E-state index in [-0.39, 0.29) is 11.8 Å². The lowest BCUT2D eigenvalue weighted by atomic mass is 10.0. The fourth-order valence-electron chi connectivity index (χ4n) is 1.77. The second kappa shape index (κ2) is 6.21. The van der Waals surface area contributed by atoms with E-state index in [0.29, 0.717) is 17.7 Å². The van der Waals surface area contributed by atoms with Gasteiger partial charge in [-0.2, -0.15) is 12.6 Å². The molecule has 1 aromatic rings. The lowest BCUT2D eigenvalue weighted by Crippen LogP contribution is -2.21. The van der Waals surface area contributed by atoms with Crippen LogP contribution in [0.2, 0.25) is 0 Å². The normalized spacial score (nSPS) is 12.9. The molecule has 0 radical (unpaired) electrons. The van der Waals surface area contributed by atoms with Crippen LogP contribution in [0.3, 0.4) is 0 Å². The molecule has 0 saturated heterocycles. The maximum Gasteiger partial charge on any atom is 0.165 e. The molecular formula is C12H17F2NOS. The van der Waals surface area contributed by atoms with Crippen LogP contribution in [0.15, 0.2) is 12.1 Å². The second-order valence-corrected chi connectivity index (χ2v) is 4.45. The Morgan fingerprint density at radius 3 is 2.41 bits per heavy atom. The highest BCUT2D eigenvalue weighted by molar-refractivity contribution is 7.80. The number of rotatable bonds is 5. The molecule has 0 saturated carbocycles. The van der Waals surface area contributed by atoms with Crippen molar-refractivity contribution in [2.24, 2.45) is 0 Å². The predicted molar refractivity (Wildman–Crippen MR) is 67.8 cm³/mol. The lowest BCUT2D eigenvalue weighted by molar-refractivity contribution is 0.284. The molecule has 0 fully saturated rings. The lowest BCUT2D eigenvalue weighted by Gasteiger charge is -2.24. The summed E-state index contributed by atoms with van der Waals surface area (Å²) in [6.45, 7) is 0. The molecule has 0 bridgehead atoms. The van der Waals surface area contributed by atoms with Crippen LogP contribution in [0.4, 0.5) is 8.78 Å². The highest BCUT2D eigenvalue weighted by Crippen LogP contribution is 2.29. The standard InChI is InChI=1S/C12H17F2NOS/c1-15(2)11(4-5-17)8-6-10(14)12(16-3)7-9(8)13/h6-7,11,17H,4-5H2,1-3H3. The molecule has 0 spiro atoms. The third-order valence-electron chi connectivity index (χ3n) is 2.66. The molecule has 17 heavy (non-hydrogen) atoms. The van der Waals surface area contributed by atoms with Crippen molar-refractivity contribution in [2.75, 3.05) is 27.0 Å². The smallest absolute Gasteiger partial charge is 0.165 e. The summed E-state index contributed by atoms with van der Waals surface area (Å²) in [6, 6.07) is 2.09. The second-order valence-electron chi connectivity index (χ2n) is 4.00. The molecule has 0 aromatic heterocycles. The van der Waals surface area contributed by atoms with Gasteiger partial charge >= 0.3 is 0 Å². The van der Waals surface area contributed by atoms with Crippen molar-refractivity contribution >= 4 is 12.6 Å². The van der Waals surface area contributed by atoms with Crippen molar-refractivity contribution in [1.82, 2.24) is 4.90 Å². The molecule has 1 atom stereocenters. The number of hydrogen-bond acceptors (Lipinski definition) is 3. The van der Waals surface area contributed by atoms with Gasteiger partial charge in [-0.3, -0.25) is 0 Å². The number of methoxy groups -OCH3 is 1.